The van der Waals surface area contributed by atoms with Gasteiger partial charge in [0.15, 0.2) is 11.6 Å². The number of ether oxygens (including phenoxy) is 1. The van der Waals surface area contributed by atoms with Crippen LogP contribution in [0.1, 0.15) is 67.6 Å². The van der Waals surface area contributed by atoms with Gasteiger partial charge in [0.25, 0.3) is 5.91 Å². The Morgan fingerprint density at radius 3 is 2.59 bits per heavy atom. The van der Waals surface area contributed by atoms with Gasteiger partial charge in [0.05, 0.1) is 18.0 Å². The Labute approximate surface area is 297 Å². The summed E-state index contributed by atoms with van der Waals surface area (Å²) in [6.07, 6.45) is 7.45. The zero-order valence-corrected chi connectivity index (χ0v) is 28.9. The van der Waals surface area contributed by atoms with Gasteiger partial charge in [-0.15, -0.1) is 0 Å². The van der Waals surface area contributed by atoms with Crippen molar-refractivity contribution < 1.29 is 27.5 Å². The maximum atomic E-state index is 14.8. The molecule has 4 atom stereocenters. The first-order chi connectivity index (χ1) is 24.7. The van der Waals surface area contributed by atoms with Crippen LogP contribution in [0.15, 0.2) is 67.3 Å². The first-order valence-corrected chi connectivity index (χ1v) is 18.4. The Morgan fingerprint density at radius 2 is 1.82 bits per heavy atom. The molecule has 3 fully saturated rings. The third-order valence-electron chi connectivity index (χ3n) is 12.3. The Hall–Kier alpha value is -4.31. The SMILES string of the molecule is C=CC(=O)N1C[C@@H]2CCCN2c2cc(N3CCC4(CC3)C[C@@H](CC(=O)N[C@H](Cc3ccc(F)c(F)c3)[C@H]3CCOC3)c3ccc(F)cc34)ccc21. The Kier molecular flexibility index (Phi) is 9.07. The standard InChI is InChI=1S/C41H45F3N4O3/c1-2-40(50)48-24-31-4-3-14-47(31)38-22-30(7-10-37(38)48)46-15-12-41(13-16-46)23-28(32-8-6-29(42)21-33(32)41)20-39(49)45-36(27-11-17-51-25-27)19-26-5-9-34(43)35(44)18-26/h2,5-10,18,21-22,27-28,31,36H,1,3-4,11-17,19-20,23-25H2,(H,45,49)/t27-,28+,31-,36+/m0/s1. The molecule has 7 nitrogen and oxygen atoms in total. The molecule has 0 aromatic heterocycles. The molecule has 0 unspecified atom stereocenters. The molecule has 10 heteroatoms. The Bertz CT molecular complexity index is 1840. The van der Waals surface area contributed by atoms with E-state index in [1.54, 1.807) is 12.1 Å². The van der Waals surface area contributed by atoms with Crippen molar-refractivity contribution in [1.82, 2.24) is 5.32 Å². The van der Waals surface area contributed by atoms with Crippen LogP contribution >= 0.6 is 0 Å². The van der Waals surface area contributed by atoms with E-state index in [1.807, 2.05) is 11.0 Å². The molecule has 51 heavy (non-hydrogen) atoms. The van der Waals surface area contributed by atoms with E-state index in [9.17, 15) is 22.8 Å². The molecule has 0 saturated carbocycles. The molecule has 0 bridgehead atoms. The van der Waals surface area contributed by atoms with Crippen molar-refractivity contribution in [3.8, 4) is 0 Å². The Balaban J connectivity index is 0.979. The minimum absolute atomic E-state index is 0.0554. The van der Waals surface area contributed by atoms with Crippen molar-refractivity contribution in [2.75, 3.05) is 54.1 Å². The number of nitrogens with zero attached hydrogens (tertiary/aromatic N) is 3. The number of hydrogen-bond acceptors (Lipinski definition) is 5. The molecule has 3 aromatic carbocycles. The van der Waals surface area contributed by atoms with E-state index in [-0.39, 0.29) is 47.3 Å². The van der Waals surface area contributed by atoms with Gasteiger partial charge in [0, 0.05) is 62.9 Å². The molecule has 2 amide bonds. The van der Waals surface area contributed by atoms with Crippen LogP contribution in [0.25, 0.3) is 0 Å². The van der Waals surface area contributed by atoms with Crippen molar-refractivity contribution in [3.05, 3.63) is 101 Å². The first kappa shape index (κ1) is 33.8. The molecular formula is C41H45F3N4O3. The minimum Gasteiger partial charge on any atom is -0.381 e. The van der Waals surface area contributed by atoms with Crippen LogP contribution in [0.3, 0.4) is 0 Å². The molecule has 268 valence electrons. The van der Waals surface area contributed by atoms with E-state index in [2.05, 4.69) is 39.9 Å². The average molecular weight is 699 g/mol. The predicted molar refractivity (Wildman–Crippen MR) is 192 cm³/mol. The third kappa shape index (κ3) is 6.40. The lowest BCUT2D eigenvalue weighted by atomic mass is 9.73. The highest BCUT2D eigenvalue weighted by molar-refractivity contribution is 6.04. The van der Waals surface area contributed by atoms with Crippen molar-refractivity contribution in [2.24, 2.45) is 5.92 Å². The second-order valence-electron chi connectivity index (χ2n) is 15.2. The second-order valence-corrected chi connectivity index (χ2v) is 15.2. The van der Waals surface area contributed by atoms with Crippen LogP contribution in [0.2, 0.25) is 0 Å². The summed E-state index contributed by atoms with van der Waals surface area (Å²) in [7, 11) is 0. The van der Waals surface area contributed by atoms with Crippen LogP contribution in [-0.2, 0) is 26.2 Å². The van der Waals surface area contributed by atoms with Crippen LogP contribution < -0.4 is 20.0 Å². The summed E-state index contributed by atoms with van der Waals surface area (Å²) in [5.74, 6) is -2.20. The highest BCUT2D eigenvalue weighted by Gasteiger charge is 2.46. The van der Waals surface area contributed by atoms with Crippen LogP contribution in [0.5, 0.6) is 0 Å². The number of piperidine rings is 1. The zero-order valence-electron chi connectivity index (χ0n) is 28.9. The molecule has 0 radical (unpaired) electrons. The van der Waals surface area contributed by atoms with Crippen LogP contribution in [-0.4, -0.2) is 63.3 Å². The molecule has 1 N–H and O–H groups in total. The van der Waals surface area contributed by atoms with Gasteiger partial charge < -0.3 is 24.8 Å². The third-order valence-corrected chi connectivity index (χ3v) is 12.3. The van der Waals surface area contributed by atoms with Gasteiger partial charge in [0.1, 0.15) is 5.82 Å². The van der Waals surface area contributed by atoms with Crippen molar-refractivity contribution in [3.63, 3.8) is 0 Å². The summed E-state index contributed by atoms with van der Waals surface area (Å²) in [5.41, 5.74) is 5.62. The smallest absolute Gasteiger partial charge is 0.250 e. The van der Waals surface area contributed by atoms with E-state index >= 15 is 0 Å². The van der Waals surface area contributed by atoms with E-state index in [0.717, 1.165) is 92.4 Å². The molecule has 4 aliphatic heterocycles. The Morgan fingerprint density at radius 1 is 0.980 bits per heavy atom. The fourth-order valence-electron chi connectivity index (χ4n) is 9.64. The van der Waals surface area contributed by atoms with Crippen LogP contribution in [0.4, 0.5) is 30.2 Å². The number of amides is 2. The summed E-state index contributed by atoms with van der Waals surface area (Å²) < 4.78 is 48.1. The molecular weight excluding hydrogens is 653 g/mol. The lowest BCUT2D eigenvalue weighted by Crippen LogP contribution is -2.48. The van der Waals surface area contributed by atoms with E-state index in [4.69, 9.17) is 4.74 Å². The number of benzene rings is 3. The zero-order chi connectivity index (χ0) is 35.3. The summed E-state index contributed by atoms with van der Waals surface area (Å²) in [6, 6.07) is 15.4. The molecule has 1 aliphatic carbocycles. The predicted octanol–water partition coefficient (Wildman–Crippen LogP) is 6.78. The molecule has 3 saturated heterocycles. The van der Waals surface area contributed by atoms with E-state index < -0.39 is 11.6 Å². The highest BCUT2D eigenvalue weighted by Crippen LogP contribution is 2.53. The van der Waals surface area contributed by atoms with E-state index in [1.165, 1.54) is 18.2 Å². The maximum Gasteiger partial charge on any atom is 0.250 e. The largest absolute Gasteiger partial charge is 0.381 e. The lowest BCUT2D eigenvalue weighted by Gasteiger charge is -2.43. The molecule has 1 spiro atoms. The summed E-state index contributed by atoms with van der Waals surface area (Å²) in [5, 5.41) is 3.23. The molecule has 5 aliphatic rings. The monoisotopic (exact) mass is 698 g/mol. The number of carbonyl (C=O) groups is 2. The number of rotatable bonds is 8. The number of carbonyl (C=O) groups excluding carboxylic acids is 2. The van der Waals surface area contributed by atoms with Crippen molar-refractivity contribution >= 4 is 28.9 Å². The van der Waals surface area contributed by atoms with Gasteiger partial charge in [-0.25, -0.2) is 13.2 Å². The summed E-state index contributed by atoms with van der Waals surface area (Å²) in [6.45, 7) is 8.10. The van der Waals surface area contributed by atoms with Crippen molar-refractivity contribution in [1.29, 1.82) is 0 Å². The van der Waals surface area contributed by atoms with Gasteiger partial charge >= 0.3 is 0 Å². The summed E-state index contributed by atoms with van der Waals surface area (Å²) >= 11 is 0. The van der Waals surface area contributed by atoms with Gasteiger partial charge in [-0.1, -0.05) is 18.7 Å². The van der Waals surface area contributed by atoms with Gasteiger partial charge in [-0.3, -0.25) is 9.59 Å². The summed E-state index contributed by atoms with van der Waals surface area (Å²) in [4.78, 5) is 33.2. The topological polar surface area (TPSA) is 65.1 Å². The lowest BCUT2D eigenvalue weighted by molar-refractivity contribution is -0.122. The minimum atomic E-state index is -0.898. The number of anilines is 3. The molecule has 8 rings (SSSR count). The highest BCUT2D eigenvalue weighted by atomic mass is 19.2. The van der Waals surface area contributed by atoms with Crippen LogP contribution in [0, 0.1) is 23.4 Å². The average Bonchev–Trinajstić information content (AvgIpc) is 3.90. The number of nitrogens with one attached hydrogen (secondary N) is 1. The quantitative estimate of drug-likeness (QED) is 0.263. The van der Waals surface area contributed by atoms with Gasteiger partial charge in [-0.05, 0) is 122 Å². The maximum absolute atomic E-state index is 14.8. The van der Waals surface area contributed by atoms with Gasteiger partial charge in [0.2, 0.25) is 5.91 Å². The fraction of sp³-hybridized carbons (Fsp3) is 0.463. The fourth-order valence-corrected chi connectivity index (χ4v) is 9.64. The van der Waals surface area contributed by atoms with E-state index in [0.29, 0.717) is 37.8 Å². The van der Waals surface area contributed by atoms with Gasteiger partial charge in [-0.2, -0.15) is 0 Å². The van der Waals surface area contributed by atoms with Crippen molar-refractivity contribution in [2.45, 2.75) is 74.8 Å². The second kappa shape index (κ2) is 13.7. The number of fused-ring (bicyclic) bond motifs is 5. The number of halogens is 3. The number of hydrogen-bond donors (Lipinski definition) is 1. The normalized spacial score (nSPS) is 23.9. The molecule has 3 aromatic rings. The first-order valence-electron chi connectivity index (χ1n) is 18.4. The molecule has 4 heterocycles.